The number of benzene rings is 1. The quantitative estimate of drug-likeness (QED) is 0.210. The van der Waals surface area contributed by atoms with Gasteiger partial charge in [0, 0.05) is 37.6 Å². The number of likely N-dealkylation sites (N-methyl/N-ethyl adjacent to an activating group) is 1. The second-order valence-corrected chi connectivity index (χ2v) is 16.2. The largest absolute Gasteiger partial charge is 0.496 e. The minimum Gasteiger partial charge on any atom is -0.496 e. The number of para-hydroxylation sites is 1. The molecule has 1 aromatic carbocycles. The van der Waals surface area contributed by atoms with E-state index < -0.39 is 60.0 Å². The smallest absolute Gasteiger partial charge is 0.482 e. The Kier molecular flexibility index (Phi) is 10.4. The number of carbonyl (C=O) groups excluding carboxylic acids is 5. The van der Waals surface area contributed by atoms with Crippen molar-refractivity contribution in [2.75, 3.05) is 26.7 Å². The molecular weight excluding hydrogens is 681 g/mol. The summed E-state index contributed by atoms with van der Waals surface area (Å²) in [5.74, 6) is -2.74. The van der Waals surface area contributed by atoms with Gasteiger partial charge in [0.25, 0.3) is 0 Å². The Balaban J connectivity index is 1.32. The number of carbonyl (C=O) groups is 5. The standard InChI is InChI=1S/C38H50BN5O9/c1-9-43-16-17-44(33(47)32(43)46)35(49)42-29(23-13-11-15-40-21-23)31(45)41-28(39-52-27-20-24-19-26(37(24,5)6)38(27,7)53-39)18-22-12-10-14-25(30(22)50-8)34(48)51-36(2,3)4/h10-15,21,24,26-29H,9,16-20H2,1-8H3,(H,41,45)(H,42,49)/t24-,26-,27+,28-,29?,38-/m0/s1. The molecule has 5 amide bonds. The molecule has 53 heavy (non-hydrogen) atoms. The number of imide groups is 1. The SMILES string of the molecule is CCN1CCN(C(=O)NC(C(=O)N[C@@H](Cc2cccc(C(=O)OC(C)(C)C)c2OC)B2O[C@@H]3C[C@@H]4C[C@@H](C4(C)C)[C@]3(C)O2)c2cccnc2)C(=O)C1=O. The highest BCUT2D eigenvalue weighted by molar-refractivity contribution is 6.48. The number of amides is 5. The van der Waals surface area contributed by atoms with Gasteiger partial charge in [-0.1, -0.05) is 32.0 Å². The lowest BCUT2D eigenvalue weighted by Gasteiger charge is -2.64. The zero-order valence-electron chi connectivity index (χ0n) is 31.8. The highest BCUT2D eigenvalue weighted by atomic mass is 16.7. The van der Waals surface area contributed by atoms with Gasteiger partial charge in [-0.15, -0.1) is 0 Å². The number of ether oxygens (including phenoxy) is 2. The van der Waals surface area contributed by atoms with E-state index in [-0.39, 0.29) is 48.3 Å². The second kappa shape index (κ2) is 14.4. The molecule has 5 aliphatic rings. The maximum Gasteiger partial charge on any atom is 0.482 e. The summed E-state index contributed by atoms with van der Waals surface area (Å²) in [6.07, 6.45) is 4.76. The first-order valence-corrected chi connectivity index (χ1v) is 18.3. The molecule has 2 saturated heterocycles. The fourth-order valence-corrected chi connectivity index (χ4v) is 8.49. The molecular formula is C38H50BN5O9. The van der Waals surface area contributed by atoms with Crippen LogP contribution in [0.3, 0.4) is 0 Å². The third kappa shape index (κ3) is 7.25. The maximum absolute atomic E-state index is 14.5. The van der Waals surface area contributed by atoms with E-state index in [1.165, 1.54) is 24.4 Å². The van der Waals surface area contributed by atoms with Crippen LogP contribution in [-0.2, 0) is 34.9 Å². The summed E-state index contributed by atoms with van der Waals surface area (Å²) >= 11 is 0. The summed E-state index contributed by atoms with van der Waals surface area (Å²) in [5.41, 5.74) is -0.0947. The van der Waals surface area contributed by atoms with Gasteiger partial charge < -0.3 is 34.3 Å². The summed E-state index contributed by atoms with van der Waals surface area (Å²) in [6, 6.07) is 6.21. The van der Waals surface area contributed by atoms with Crippen LogP contribution >= 0.6 is 0 Å². The van der Waals surface area contributed by atoms with Crippen LogP contribution in [0.4, 0.5) is 4.79 Å². The molecule has 284 valence electrons. The van der Waals surface area contributed by atoms with Crippen molar-refractivity contribution in [1.82, 2.24) is 25.4 Å². The number of hydrogen-bond donors (Lipinski definition) is 2. The van der Waals surface area contributed by atoms with Crippen molar-refractivity contribution in [3.8, 4) is 5.75 Å². The second-order valence-electron chi connectivity index (χ2n) is 16.2. The average Bonchev–Trinajstić information content (AvgIpc) is 3.48. The summed E-state index contributed by atoms with van der Waals surface area (Å²) in [7, 11) is 0.569. The van der Waals surface area contributed by atoms with E-state index in [1.54, 1.807) is 58.0 Å². The van der Waals surface area contributed by atoms with E-state index in [9.17, 15) is 24.0 Å². The van der Waals surface area contributed by atoms with E-state index in [0.717, 1.165) is 17.7 Å². The van der Waals surface area contributed by atoms with Crippen LogP contribution in [0, 0.1) is 17.3 Å². The molecule has 6 atom stereocenters. The molecule has 3 aliphatic carbocycles. The summed E-state index contributed by atoms with van der Waals surface area (Å²) in [5, 5.41) is 5.76. The first-order chi connectivity index (χ1) is 25.0. The minimum absolute atomic E-state index is 0.0235. The number of piperazine rings is 1. The van der Waals surface area contributed by atoms with Gasteiger partial charge in [0.15, 0.2) is 0 Å². The molecule has 14 nitrogen and oxygen atoms in total. The van der Waals surface area contributed by atoms with E-state index >= 15 is 0 Å². The first kappa shape index (κ1) is 38.2. The number of methoxy groups -OCH3 is 1. The monoisotopic (exact) mass is 731 g/mol. The van der Waals surface area contributed by atoms with E-state index in [0.29, 0.717) is 23.6 Å². The minimum atomic E-state index is -1.31. The lowest BCUT2D eigenvalue weighted by Crippen LogP contribution is -2.65. The molecule has 1 unspecified atom stereocenters. The molecule has 3 saturated carbocycles. The zero-order chi connectivity index (χ0) is 38.5. The van der Waals surface area contributed by atoms with Gasteiger partial charge in [0.1, 0.15) is 23.0 Å². The van der Waals surface area contributed by atoms with Crippen LogP contribution in [-0.4, -0.2) is 102 Å². The Morgan fingerprint density at radius 3 is 2.45 bits per heavy atom. The number of nitrogens with one attached hydrogen (secondary N) is 2. The molecule has 7 rings (SSSR count). The van der Waals surface area contributed by atoms with Crippen molar-refractivity contribution in [3.63, 3.8) is 0 Å². The predicted molar refractivity (Wildman–Crippen MR) is 193 cm³/mol. The normalized spacial score (nSPS) is 25.9. The number of nitrogens with zero attached hydrogens (tertiary/aromatic N) is 3. The first-order valence-electron chi connectivity index (χ1n) is 18.3. The van der Waals surface area contributed by atoms with Crippen molar-refractivity contribution in [3.05, 3.63) is 59.4 Å². The number of hydrogen-bond acceptors (Lipinski definition) is 10. The van der Waals surface area contributed by atoms with Crippen molar-refractivity contribution >= 4 is 36.8 Å². The Morgan fingerprint density at radius 1 is 1.06 bits per heavy atom. The van der Waals surface area contributed by atoms with Crippen molar-refractivity contribution < 1.29 is 42.8 Å². The third-order valence-corrected chi connectivity index (χ3v) is 11.5. The Bertz CT molecular complexity index is 1770. The zero-order valence-corrected chi connectivity index (χ0v) is 31.8. The number of rotatable bonds is 10. The van der Waals surface area contributed by atoms with Crippen LogP contribution in [0.5, 0.6) is 5.75 Å². The maximum atomic E-state index is 14.5. The lowest BCUT2D eigenvalue weighted by atomic mass is 9.43. The van der Waals surface area contributed by atoms with Crippen molar-refractivity contribution in [1.29, 1.82) is 0 Å². The van der Waals surface area contributed by atoms with Crippen molar-refractivity contribution in [2.24, 2.45) is 17.3 Å². The van der Waals surface area contributed by atoms with Gasteiger partial charge in [-0.3, -0.25) is 24.3 Å². The average molecular weight is 732 g/mol. The molecule has 2 N–H and O–H groups in total. The molecule has 3 heterocycles. The molecule has 5 fully saturated rings. The lowest BCUT2D eigenvalue weighted by molar-refractivity contribution is -0.199. The summed E-state index contributed by atoms with van der Waals surface area (Å²) < 4.78 is 24.9. The van der Waals surface area contributed by atoms with E-state index in [1.807, 2.05) is 0 Å². The summed E-state index contributed by atoms with van der Waals surface area (Å²) in [6.45, 7) is 14.2. The molecule has 2 aromatic rings. The van der Waals surface area contributed by atoms with Gasteiger partial charge in [0.2, 0.25) is 5.91 Å². The van der Waals surface area contributed by atoms with Crippen LogP contribution in [0.15, 0.2) is 42.7 Å². The van der Waals surface area contributed by atoms with Gasteiger partial charge in [-0.2, -0.15) is 0 Å². The van der Waals surface area contributed by atoms with Crippen LogP contribution in [0.1, 0.15) is 88.8 Å². The molecule has 0 radical (unpaired) electrons. The molecule has 0 spiro atoms. The van der Waals surface area contributed by atoms with E-state index in [2.05, 4.69) is 36.4 Å². The number of pyridine rings is 1. The Hall–Kier alpha value is -4.50. The van der Waals surface area contributed by atoms with E-state index in [4.69, 9.17) is 18.8 Å². The fraction of sp³-hybridized carbons (Fsp3) is 0.579. The van der Waals surface area contributed by atoms with Crippen molar-refractivity contribution in [2.45, 2.75) is 97.0 Å². The molecule has 2 bridgehead atoms. The number of urea groups is 1. The number of esters is 1. The van der Waals surface area contributed by atoms with Crippen LogP contribution in [0.25, 0.3) is 0 Å². The Morgan fingerprint density at radius 2 is 1.81 bits per heavy atom. The highest BCUT2D eigenvalue weighted by Crippen LogP contribution is 2.65. The van der Waals surface area contributed by atoms with Crippen LogP contribution in [0.2, 0.25) is 0 Å². The molecule has 15 heteroatoms. The molecule has 2 aliphatic heterocycles. The highest BCUT2D eigenvalue weighted by Gasteiger charge is 2.68. The van der Waals surface area contributed by atoms with Gasteiger partial charge in [-0.05, 0) is 88.8 Å². The topological polar surface area (TPSA) is 166 Å². The van der Waals surface area contributed by atoms with Gasteiger partial charge >= 0.3 is 30.9 Å². The molecule has 1 aromatic heterocycles. The van der Waals surface area contributed by atoms with Crippen LogP contribution < -0.4 is 15.4 Å². The Labute approximate surface area is 310 Å². The number of aromatic nitrogens is 1. The fourth-order valence-electron chi connectivity index (χ4n) is 8.49. The summed E-state index contributed by atoms with van der Waals surface area (Å²) in [4.78, 5) is 73.2. The van der Waals surface area contributed by atoms with Gasteiger partial charge in [0.05, 0.1) is 24.8 Å². The predicted octanol–water partition coefficient (Wildman–Crippen LogP) is 3.48. The third-order valence-electron chi connectivity index (χ3n) is 11.5. The van der Waals surface area contributed by atoms with Gasteiger partial charge in [-0.25, -0.2) is 9.59 Å².